The van der Waals surface area contributed by atoms with E-state index in [0.717, 1.165) is 25.7 Å². The van der Waals surface area contributed by atoms with E-state index >= 15 is 0 Å². The summed E-state index contributed by atoms with van der Waals surface area (Å²) in [7, 11) is 1.75. The Balaban J connectivity index is 1.67. The first kappa shape index (κ1) is 24.4. The lowest BCUT2D eigenvalue weighted by molar-refractivity contribution is -0.212. The molecule has 0 N–H and O–H groups in total. The average molecular weight is 405 g/mol. The molecule has 2 rings (SSSR count). The molecule has 1 aliphatic rings. The Hall–Kier alpha value is -0.900. The second kappa shape index (κ2) is 15.9. The summed E-state index contributed by atoms with van der Waals surface area (Å²) in [6.07, 6.45) is 18.2. The molecule has 0 radical (unpaired) electrons. The molecule has 0 aliphatic carbocycles. The fourth-order valence-corrected chi connectivity index (χ4v) is 4.25. The molecule has 3 atom stereocenters. The van der Waals surface area contributed by atoms with Gasteiger partial charge in [0.05, 0.1) is 18.8 Å². The first-order valence-corrected chi connectivity index (χ1v) is 12.2. The summed E-state index contributed by atoms with van der Waals surface area (Å²) in [5.41, 5.74) is 1.24. The third-order valence-electron chi connectivity index (χ3n) is 6.08. The molecule has 29 heavy (non-hydrogen) atoms. The van der Waals surface area contributed by atoms with Gasteiger partial charge in [-0.05, 0) is 31.2 Å². The minimum absolute atomic E-state index is 0.0655. The number of benzene rings is 1. The summed E-state index contributed by atoms with van der Waals surface area (Å²) in [6, 6.07) is 10.5. The van der Waals surface area contributed by atoms with Crippen molar-refractivity contribution in [1.82, 2.24) is 0 Å². The highest BCUT2D eigenvalue weighted by atomic mass is 16.7. The van der Waals surface area contributed by atoms with Gasteiger partial charge in [-0.25, -0.2) is 0 Å². The van der Waals surface area contributed by atoms with Gasteiger partial charge in [0.2, 0.25) is 0 Å². The lowest BCUT2D eigenvalue weighted by Crippen LogP contribution is -2.38. The second-order valence-electron chi connectivity index (χ2n) is 8.58. The summed E-state index contributed by atoms with van der Waals surface area (Å²) >= 11 is 0. The number of methoxy groups -OCH3 is 1. The largest absolute Gasteiger partial charge is 0.371 e. The number of unbranched alkanes of at least 4 members (excludes halogenated alkanes) is 9. The van der Waals surface area contributed by atoms with Crippen LogP contribution in [-0.4, -0.2) is 25.6 Å². The molecule has 0 bridgehead atoms. The zero-order chi connectivity index (χ0) is 20.6. The predicted molar refractivity (Wildman–Crippen MR) is 121 cm³/mol. The van der Waals surface area contributed by atoms with Crippen molar-refractivity contribution in [3.8, 4) is 0 Å². The topological polar surface area (TPSA) is 27.7 Å². The maximum Gasteiger partial charge on any atom is 0.157 e. The van der Waals surface area contributed by atoms with Gasteiger partial charge in [-0.2, -0.15) is 0 Å². The van der Waals surface area contributed by atoms with Gasteiger partial charge in [0, 0.05) is 7.11 Å². The zero-order valence-corrected chi connectivity index (χ0v) is 19.0. The summed E-state index contributed by atoms with van der Waals surface area (Å²) in [5, 5.41) is 0. The quantitative estimate of drug-likeness (QED) is 0.268. The molecule has 1 unspecified atom stereocenters. The molecular formula is C26H44O3. The Morgan fingerprint density at radius 2 is 1.55 bits per heavy atom. The van der Waals surface area contributed by atoms with E-state index in [2.05, 4.69) is 37.3 Å². The number of ether oxygens (including phenoxy) is 3. The zero-order valence-electron chi connectivity index (χ0n) is 19.0. The molecule has 1 heterocycles. The second-order valence-corrected chi connectivity index (χ2v) is 8.58. The van der Waals surface area contributed by atoms with E-state index in [9.17, 15) is 0 Å². The number of hydrogen-bond donors (Lipinski definition) is 0. The van der Waals surface area contributed by atoms with Crippen molar-refractivity contribution in [3.63, 3.8) is 0 Å². The molecule has 1 aromatic carbocycles. The molecular weight excluding hydrogens is 360 g/mol. The van der Waals surface area contributed by atoms with E-state index in [-0.39, 0.29) is 18.5 Å². The van der Waals surface area contributed by atoms with E-state index < -0.39 is 0 Å². The molecule has 3 heteroatoms. The fourth-order valence-electron chi connectivity index (χ4n) is 4.25. The Morgan fingerprint density at radius 3 is 2.21 bits per heavy atom. The van der Waals surface area contributed by atoms with Crippen LogP contribution >= 0.6 is 0 Å². The number of rotatable bonds is 16. The van der Waals surface area contributed by atoms with Gasteiger partial charge in [0.25, 0.3) is 0 Å². The van der Waals surface area contributed by atoms with Crippen molar-refractivity contribution in [2.75, 3.05) is 7.11 Å². The van der Waals surface area contributed by atoms with Crippen molar-refractivity contribution < 1.29 is 14.2 Å². The summed E-state index contributed by atoms with van der Waals surface area (Å²) in [5.74, 6) is 0. The molecule has 0 amide bonds. The van der Waals surface area contributed by atoms with Gasteiger partial charge in [0.1, 0.15) is 0 Å². The Bertz CT molecular complexity index is 490. The molecule has 1 saturated heterocycles. The minimum Gasteiger partial charge on any atom is -0.371 e. The van der Waals surface area contributed by atoms with Crippen LogP contribution < -0.4 is 0 Å². The van der Waals surface area contributed by atoms with Crippen molar-refractivity contribution in [3.05, 3.63) is 35.9 Å². The van der Waals surface area contributed by atoms with Crippen LogP contribution in [0.3, 0.4) is 0 Å². The molecule has 1 fully saturated rings. The highest BCUT2D eigenvalue weighted by Crippen LogP contribution is 2.26. The third kappa shape index (κ3) is 10.6. The highest BCUT2D eigenvalue weighted by Gasteiger charge is 2.29. The SMILES string of the molecule is CCCCCCCCCCCC[C@@H](OCc1ccccc1)[C@H]1CCCC(OC)O1. The monoisotopic (exact) mass is 404 g/mol. The van der Waals surface area contributed by atoms with E-state index in [1.165, 1.54) is 69.8 Å². The van der Waals surface area contributed by atoms with Crippen molar-refractivity contribution in [2.45, 2.75) is 122 Å². The Kier molecular flexibility index (Phi) is 13.3. The molecule has 0 spiro atoms. The van der Waals surface area contributed by atoms with Crippen LogP contribution in [0.2, 0.25) is 0 Å². The van der Waals surface area contributed by atoms with Crippen LogP contribution in [0, 0.1) is 0 Å². The van der Waals surface area contributed by atoms with E-state index in [0.29, 0.717) is 6.61 Å². The average Bonchev–Trinajstić information content (AvgIpc) is 2.77. The summed E-state index contributed by atoms with van der Waals surface area (Å²) in [4.78, 5) is 0. The van der Waals surface area contributed by atoms with Crippen molar-refractivity contribution in [1.29, 1.82) is 0 Å². The molecule has 3 nitrogen and oxygen atoms in total. The van der Waals surface area contributed by atoms with Crippen LogP contribution in [0.5, 0.6) is 0 Å². The molecule has 0 aromatic heterocycles. The van der Waals surface area contributed by atoms with Gasteiger partial charge >= 0.3 is 0 Å². The van der Waals surface area contributed by atoms with Crippen molar-refractivity contribution >= 4 is 0 Å². The molecule has 166 valence electrons. The van der Waals surface area contributed by atoms with Crippen LogP contribution in [-0.2, 0) is 20.8 Å². The van der Waals surface area contributed by atoms with Crippen molar-refractivity contribution in [2.24, 2.45) is 0 Å². The first-order chi connectivity index (χ1) is 14.3. The lowest BCUT2D eigenvalue weighted by Gasteiger charge is -2.34. The Morgan fingerprint density at radius 1 is 0.897 bits per heavy atom. The van der Waals surface area contributed by atoms with Gasteiger partial charge in [0.15, 0.2) is 6.29 Å². The normalized spacial score (nSPS) is 20.6. The third-order valence-corrected chi connectivity index (χ3v) is 6.08. The van der Waals surface area contributed by atoms with E-state index in [1.54, 1.807) is 7.11 Å². The van der Waals surface area contributed by atoms with E-state index in [4.69, 9.17) is 14.2 Å². The first-order valence-electron chi connectivity index (χ1n) is 12.2. The predicted octanol–water partition coefficient (Wildman–Crippen LogP) is 7.42. The fraction of sp³-hybridized carbons (Fsp3) is 0.769. The summed E-state index contributed by atoms with van der Waals surface area (Å²) < 4.78 is 18.0. The summed E-state index contributed by atoms with van der Waals surface area (Å²) in [6.45, 7) is 2.95. The van der Waals surface area contributed by atoms with Gasteiger partial charge < -0.3 is 14.2 Å². The van der Waals surface area contributed by atoms with Gasteiger partial charge in [-0.3, -0.25) is 0 Å². The number of hydrogen-bond acceptors (Lipinski definition) is 3. The highest BCUT2D eigenvalue weighted by molar-refractivity contribution is 5.13. The molecule has 0 saturated carbocycles. The molecule has 1 aliphatic heterocycles. The standard InChI is InChI=1S/C26H44O3/c1-3-4-5-6-7-8-9-10-11-15-19-24(25-20-16-21-26(27-2)29-25)28-22-23-17-13-12-14-18-23/h12-14,17-18,24-26H,3-11,15-16,19-22H2,1-2H3/t24-,25-,26?/m1/s1. The minimum atomic E-state index is -0.0655. The van der Waals surface area contributed by atoms with Crippen LogP contribution in [0.1, 0.15) is 102 Å². The molecule has 1 aromatic rings. The maximum absolute atomic E-state index is 6.36. The van der Waals surface area contributed by atoms with E-state index in [1.807, 2.05) is 0 Å². The lowest BCUT2D eigenvalue weighted by atomic mass is 9.98. The maximum atomic E-state index is 6.36. The van der Waals surface area contributed by atoms with Crippen LogP contribution in [0.4, 0.5) is 0 Å². The van der Waals surface area contributed by atoms with Crippen LogP contribution in [0.25, 0.3) is 0 Å². The smallest absolute Gasteiger partial charge is 0.157 e. The van der Waals surface area contributed by atoms with Gasteiger partial charge in [-0.15, -0.1) is 0 Å². The van der Waals surface area contributed by atoms with Gasteiger partial charge in [-0.1, -0.05) is 101 Å². The van der Waals surface area contributed by atoms with Crippen LogP contribution in [0.15, 0.2) is 30.3 Å². The Labute approximate surface area is 179 Å².